The number of hydrogen-bond donors (Lipinski definition) is 2. The molecule has 1 aliphatic rings. The van der Waals surface area contributed by atoms with Gasteiger partial charge in [-0.1, -0.05) is 30.7 Å². The molecule has 0 unspecified atom stereocenters. The van der Waals surface area contributed by atoms with Crippen molar-refractivity contribution in [3.63, 3.8) is 0 Å². The highest BCUT2D eigenvalue weighted by atomic mass is 16.2. The van der Waals surface area contributed by atoms with E-state index in [4.69, 9.17) is 5.11 Å². The second-order valence-corrected chi connectivity index (χ2v) is 5.66. The molecule has 0 aliphatic heterocycles. The number of benzene rings is 1. The van der Waals surface area contributed by atoms with Crippen LogP contribution in [0.2, 0.25) is 0 Å². The third-order valence-electron chi connectivity index (χ3n) is 4.00. The van der Waals surface area contributed by atoms with Crippen molar-refractivity contribution in [1.29, 1.82) is 0 Å². The van der Waals surface area contributed by atoms with E-state index in [1.54, 1.807) is 0 Å². The van der Waals surface area contributed by atoms with Gasteiger partial charge in [0.15, 0.2) is 0 Å². The predicted molar refractivity (Wildman–Crippen MR) is 79.5 cm³/mol. The number of carbonyl (C=O) groups is 1. The van der Waals surface area contributed by atoms with Crippen LogP contribution in [-0.2, 0) is 0 Å². The van der Waals surface area contributed by atoms with Crippen molar-refractivity contribution in [3.8, 4) is 11.8 Å². The first-order chi connectivity index (χ1) is 9.56. The first kappa shape index (κ1) is 14.6. The van der Waals surface area contributed by atoms with Gasteiger partial charge < -0.3 is 10.4 Å². The molecule has 1 saturated carbocycles. The van der Waals surface area contributed by atoms with Gasteiger partial charge in [-0.05, 0) is 44.4 Å². The summed E-state index contributed by atoms with van der Waals surface area (Å²) in [6.45, 7) is 3.84. The fourth-order valence-corrected chi connectivity index (χ4v) is 2.77. The topological polar surface area (TPSA) is 49.3 Å². The lowest BCUT2D eigenvalue weighted by atomic mass is 9.97. The Hall–Kier alpha value is -1.79. The Morgan fingerprint density at radius 1 is 1.40 bits per heavy atom. The van der Waals surface area contributed by atoms with E-state index < -0.39 is 0 Å². The van der Waals surface area contributed by atoms with Crippen LogP contribution in [0.3, 0.4) is 0 Å². The van der Waals surface area contributed by atoms with Crippen molar-refractivity contribution < 1.29 is 9.90 Å². The minimum atomic E-state index is -0.173. The maximum Gasteiger partial charge on any atom is 0.252 e. The minimum Gasteiger partial charge on any atom is -0.384 e. The van der Waals surface area contributed by atoms with Crippen LogP contribution in [0.25, 0.3) is 0 Å². The van der Waals surface area contributed by atoms with E-state index in [1.165, 1.54) is 12.8 Å². The van der Waals surface area contributed by atoms with Crippen molar-refractivity contribution in [1.82, 2.24) is 5.32 Å². The quantitative estimate of drug-likeness (QED) is 0.812. The molecule has 0 aromatic heterocycles. The summed E-state index contributed by atoms with van der Waals surface area (Å²) < 4.78 is 0. The molecule has 1 aliphatic carbocycles. The number of amides is 1. The third kappa shape index (κ3) is 3.20. The molecule has 0 spiro atoms. The van der Waals surface area contributed by atoms with Gasteiger partial charge in [-0.15, -0.1) is 0 Å². The maximum absolute atomic E-state index is 12.4. The lowest BCUT2D eigenvalue weighted by Crippen LogP contribution is -2.43. The maximum atomic E-state index is 12.4. The Balaban J connectivity index is 2.22. The highest BCUT2D eigenvalue weighted by Crippen LogP contribution is 2.29. The van der Waals surface area contributed by atoms with Crippen molar-refractivity contribution in [3.05, 3.63) is 34.9 Å². The van der Waals surface area contributed by atoms with Crippen LogP contribution in [0.5, 0.6) is 0 Å². The molecule has 106 valence electrons. The van der Waals surface area contributed by atoms with Gasteiger partial charge in [0.05, 0.1) is 0 Å². The molecule has 0 heterocycles. The van der Waals surface area contributed by atoms with E-state index in [-0.39, 0.29) is 18.1 Å². The zero-order chi connectivity index (χ0) is 14.6. The summed E-state index contributed by atoms with van der Waals surface area (Å²) in [5.74, 6) is 5.48. The molecule has 0 atom stereocenters. The molecule has 1 amide bonds. The Kier molecular flexibility index (Phi) is 4.46. The van der Waals surface area contributed by atoms with Gasteiger partial charge in [0, 0.05) is 16.7 Å². The summed E-state index contributed by atoms with van der Waals surface area (Å²) >= 11 is 0. The highest BCUT2D eigenvalue weighted by molar-refractivity contribution is 5.96. The van der Waals surface area contributed by atoms with Gasteiger partial charge in [0.25, 0.3) is 5.91 Å². The van der Waals surface area contributed by atoms with Crippen molar-refractivity contribution in [2.75, 3.05) is 6.61 Å². The first-order valence-electron chi connectivity index (χ1n) is 7.08. The van der Waals surface area contributed by atoms with Crippen LogP contribution < -0.4 is 5.32 Å². The molecule has 1 aromatic rings. The lowest BCUT2D eigenvalue weighted by Gasteiger charge is -2.25. The third-order valence-corrected chi connectivity index (χ3v) is 4.00. The van der Waals surface area contributed by atoms with Crippen LogP contribution >= 0.6 is 0 Å². The number of aliphatic hydroxyl groups is 1. The zero-order valence-electron chi connectivity index (χ0n) is 12.1. The second kappa shape index (κ2) is 6.11. The molecule has 2 N–H and O–H groups in total. The molecular weight excluding hydrogens is 250 g/mol. The van der Waals surface area contributed by atoms with Crippen molar-refractivity contribution >= 4 is 5.91 Å². The Morgan fingerprint density at radius 2 is 2.10 bits per heavy atom. The molecule has 1 aromatic carbocycles. The Labute approximate surface area is 120 Å². The number of aliphatic hydroxyl groups excluding tert-OH is 1. The van der Waals surface area contributed by atoms with E-state index in [1.807, 2.05) is 25.1 Å². The summed E-state index contributed by atoms with van der Waals surface area (Å²) in [6.07, 6.45) is 4.44. The first-order valence-corrected chi connectivity index (χ1v) is 7.08. The summed E-state index contributed by atoms with van der Waals surface area (Å²) in [7, 11) is 0. The molecular formula is C17H21NO2. The SMILES string of the molecule is Cc1c(C#CCO)cccc1C(=O)NC1(C)CCCC1. The zero-order valence-corrected chi connectivity index (χ0v) is 12.1. The normalized spacial score (nSPS) is 16.4. The lowest BCUT2D eigenvalue weighted by molar-refractivity contribution is 0.0907. The van der Waals surface area contributed by atoms with Gasteiger partial charge in [-0.3, -0.25) is 4.79 Å². The van der Waals surface area contributed by atoms with Gasteiger partial charge in [-0.2, -0.15) is 0 Å². The molecule has 0 bridgehead atoms. The number of carbonyl (C=O) groups excluding carboxylic acids is 1. The van der Waals surface area contributed by atoms with E-state index in [2.05, 4.69) is 24.1 Å². The monoisotopic (exact) mass is 271 g/mol. The molecule has 3 nitrogen and oxygen atoms in total. The molecule has 1 fully saturated rings. The predicted octanol–water partition coefficient (Wildman–Crippen LogP) is 2.40. The van der Waals surface area contributed by atoms with Crippen LogP contribution in [0.4, 0.5) is 0 Å². The molecule has 0 saturated heterocycles. The summed E-state index contributed by atoms with van der Waals surface area (Å²) in [5.41, 5.74) is 2.26. The smallest absolute Gasteiger partial charge is 0.252 e. The van der Waals surface area contributed by atoms with Crippen molar-refractivity contribution in [2.24, 2.45) is 0 Å². The standard InChI is InChI=1S/C17H21NO2/c1-13-14(8-6-12-19)7-5-9-15(13)16(20)18-17(2)10-3-4-11-17/h5,7,9,19H,3-4,10-12H2,1-2H3,(H,18,20). The minimum absolute atomic E-state index is 0.0282. The van der Waals surface area contributed by atoms with Crippen LogP contribution in [0.1, 0.15) is 54.1 Å². The number of hydrogen-bond acceptors (Lipinski definition) is 2. The van der Waals surface area contributed by atoms with E-state index in [9.17, 15) is 4.79 Å². The highest BCUT2D eigenvalue weighted by Gasteiger charge is 2.30. The van der Waals surface area contributed by atoms with Crippen molar-refractivity contribution in [2.45, 2.75) is 45.1 Å². The summed E-state index contributed by atoms with van der Waals surface area (Å²) in [5, 5.41) is 11.9. The fraction of sp³-hybridized carbons (Fsp3) is 0.471. The van der Waals surface area contributed by atoms with Gasteiger partial charge in [0.1, 0.15) is 6.61 Å². The van der Waals surface area contributed by atoms with Crippen LogP contribution in [-0.4, -0.2) is 23.2 Å². The fourth-order valence-electron chi connectivity index (χ4n) is 2.77. The average molecular weight is 271 g/mol. The van der Waals surface area contributed by atoms with E-state index >= 15 is 0 Å². The van der Waals surface area contributed by atoms with Crippen LogP contribution in [0, 0.1) is 18.8 Å². The Morgan fingerprint density at radius 3 is 2.75 bits per heavy atom. The average Bonchev–Trinajstić information content (AvgIpc) is 2.84. The Bertz CT molecular complexity index is 560. The van der Waals surface area contributed by atoms with E-state index in [0.29, 0.717) is 5.56 Å². The molecule has 0 radical (unpaired) electrons. The van der Waals surface area contributed by atoms with E-state index in [0.717, 1.165) is 24.0 Å². The molecule has 20 heavy (non-hydrogen) atoms. The van der Waals surface area contributed by atoms with Gasteiger partial charge in [0.2, 0.25) is 0 Å². The van der Waals surface area contributed by atoms with Gasteiger partial charge in [-0.25, -0.2) is 0 Å². The largest absolute Gasteiger partial charge is 0.384 e. The summed E-state index contributed by atoms with van der Waals surface area (Å²) in [6, 6.07) is 5.53. The van der Waals surface area contributed by atoms with Gasteiger partial charge >= 0.3 is 0 Å². The molecule has 2 rings (SSSR count). The van der Waals surface area contributed by atoms with Crippen LogP contribution in [0.15, 0.2) is 18.2 Å². The number of rotatable bonds is 2. The number of nitrogens with one attached hydrogen (secondary N) is 1. The second-order valence-electron chi connectivity index (χ2n) is 5.66. The summed E-state index contributed by atoms with van der Waals surface area (Å²) in [4.78, 5) is 12.4. The molecule has 3 heteroatoms.